The van der Waals surface area contributed by atoms with Gasteiger partial charge in [-0.2, -0.15) is 5.10 Å². The Labute approximate surface area is 256 Å². The molecule has 0 fully saturated rings. The van der Waals surface area contributed by atoms with Gasteiger partial charge in [0.15, 0.2) is 0 Å². The molecule has 4 aromatic heterocycles. The number of alkyl halides is 1. The lowest BCUT2D eigenvalue weighted by atomic mass is 9.95. The predicted octanol–water partition coefficient (Wildman–Crippen LogP) is 6.78. The van der Waals surface area contributed by atoms with Crippen molar-refractivity contribution >= 4 is 33.1 Å². The lowest BCUT2D eigenvalue weighted by molar-refractivity contribution is -0.116. The van der Waals surface area contributed by atoms with E-state index in [9.17, 15) is 9.18 Å². The van der Waals surface area contributed by atoms with E-state index in [1.54, 1.807) is 35.4 Å². The SMILES string of the molecule is C=CC(=O)NCc1ccc(-c2sc3c(-c4cnn(C)c4)cnc(N)c3c2-c2ccc(Oc3nccc(C)n3)cc2)c(CF)c1. The molecule has 0 atom stereocenters. The van der Waals surface area contributed by atoms with E-state index in [1.807, 2.05) is 56.6 Å². The normalized spacial score (nSPS) is 11.1. The van der Waals surface area contributed by atoms with E-state index >= 15 is 0 Å². The second-order valence-electron chi connectivity index (χ2n) is 10.1. The van der Waals surface area contributed by atoms with Crippen LogP contribution in [0.2, 0.25) is 0 Å². The second-order valence-corrected chi connectivity index (χ2v) is 11.1. The smallest absolute Gasteiger partial charge is 0.322 e. The number of ether oxygens (including phenoxy) is 1. The number of carbonyl (C=O) groups excluding carboxylic acids is 1. The molecular formula is C33H28FN7O2S. The summed E-state index contributed by atoms with van der Waals surface area (Å²) in [6, 6.07) is 15.1. The zero-order valence-electron chi connectivity index (χ0n) is 24.0. The largest absolute Gasteiger partial charge is 0.424 e. The fourth-order valence-electron chi connectivity index (χ4n) is 4.97. The van der Waals surface area contributed by atoms with E-state index in [0.717, 1.165) is 54.0 Å². The highest BCUT2D eigenvalue weighted by molar-refractivity contribution is 7.23. The molecule has 9 nitrogen and oxygen atoms in total. The Bertz CT molecular complexity index is 2020. The van der Waals surface area contributed by atoms with Crippen LogP contribution in [-0.4, -0.2) is 30.6 Å². The van der Waals surface area contributed by atoms with Crippen LogP contribution in [0.5, 0.6) is 11.8 Å². The monoisotopic (exact) mass is 605 g/mol. The predicted molar refractivity (Wildman–Crippen MR) is 171 cm³/mol. The van der Waals surface area contributed by atoms with Crippen molar-refractivity contribution in [3.8, 4) is 44.5 Å². The first-order chi connectivity index (χ1) is 21.3. The number of carbonyl (C=O) groups is 1. The number of nitrogens with one attached hydrogen (secondary N) is 1. The van der Waals surface area contributed by atoms with Gasteiger partial charge >= 0.3 is 6.01 Å². The van der Waals surface area contributed by atoms with E-state index in [2.05, 4.69) is 31.9 Å². The average molecular weight is 606 g/mol. The maximum absolute atomic E-state index is 14.6. The Hall–Kier alpha value is -5.42. The number of nitrogen functional groups attached to an aromatic ring is 1. The van der Waals surface area contributed by atoms with Crippen LogP contribution in [0.4, 0.5) is 10.2 Å². The van der Waals surface area contributed by atoms with Gasteiger partial charge in [-0.1, -0.05) is 36.9 Å². The van der Waals surface area contributed by atoms with E-state index in [0.29, 0.717) is 17.1 Å². The van der Waals surface area contributed by atoms with Crippen molar-refractivity contribution in [3.63, 3.8) is 0 Å². The number of hydrogen-bond acceptors (Lipinski definition) is 8. The van der Waals surface area contributed by atoms with Gasteiger partial charge in [0.2, 0.25) is 5.91 Å². The molecule has 220 valence electrons. The van der Waals surface area contributed by atoms with Gasteiger partial charge in [0, 0.05) is 69.5 Å². The van der Waals surface area contributed by atoms with Crippen molar-refractivity contribution in [3.05, 3.63) is 103 Å². The molecule has 0 aliphatic heterocycles. The maximum Gasteiger partial charge on any atom is 0.322 e. The summed E-state index contributed by atoms with van der Waals surface area (Å²) in [7, 11) is 1.86. The molecule has 0 saturated heterocycles. The fourth-order valence-corrected chi connectivity index (χ4v) is 6.40. The summed E-state index contributed by atoms with van der Waals surface area (Å²) in [5.41, 5.74) is 12.8. The summed E-state index contributed by atoms with van der Waals surface area (Å²) >= 11 is 1.52. The maximum atomic E-state index is 14.6. The van der Waals surface area contributed by atoms with Gasteiger partial charge in [-0.3, -0.25) is 9.48 Å². The lowest BCUT2D eigenvalue weighted by Gasteiger charge is -2.12. The number of nitrogens with two attached hydrogens (primary N) is 1. The molecule has 11 heteroatoms. The summed E-state index contributed by atoms with van der Waals surface area (Å²) in [5.74, 6) is 0.636. The molecule has 0 spiro atoms. The lowest BCUT2D eigenvalue weighted by Crippen LogP contribution is -2.19. The minimum atomic E-state index is -0.696. The first-order valence-corrected chi connectivity index (χ1v) is 14.5. The van der Waals surface area contributed by atoms with Crippen LogP contribution < -0.4 is 15.8 Å². The van der Waals surface area contributed by atoms with Gasteiger partial charge in [-0.15, -0.1) is 11.3 Å². The third kappa shape index (κ3) is 5.64. The highest BCUT2D eigenvalue weighted by Crippen LogP contribution is 2.50. The summed E-state index contributed by atoms with van der Waals surface area (Å²) < 4.78 is 23.2. The number of aryl methyl sites for hydroxylation is 2. The average Bonchev–Trinajstić information content (AvgIpc) is 3.65. The minimum absolute atomic E-state index is 0.255. The number of halogens is 1. The number of hydrogen-bond donors (Lipinski definition) is 2. The number of nitrogens with zero attached hydrogens (tertiary/aromatic N) is 5. The highest BCUT2D eigenvalue weighted by atomic mass is 32.1. The van der Waals surface area contributed by atoms with Gasteiger partial charge < -0.3 is 15.8 Å². The number of thiophene rings is 1. The van der Waals surface area contributed by atoms with E-state index in [-0.39, 0.29) is 18.5 Å². The standard InChI is InChI=1S/C33H28FN7O2S/c1-4-27(42)37-15-20-5-10-25(22(13-20)14-34)30-28(21-6-8-24(9-7-21)43-33-36-12-11-19(2)40-33)29-31(44-30)26(17-38-32(29)35)23-16-39-41(3)18-23/h4-13,16-18H,1,14-15H2,2-3H3,(H2,35,38)(H,37,42). The van der Waals surface area contributed by atoms with Gasteiger partial charge in [-0.25, -0.2) is 19.3 Å². The summed E-state index contributed by atoms with van der Waals surface area (Å²) in [4.78, 5) is 25.6. The molecule has 2 aromatic carbocycles. The van der Waals surface area contributed by atoms with Crippen molar-refractivity contribution < 1.29 is 13.9 Å². The Morgan fingerprint density at radius 1 is 1.11 bits per heavy atom. The molecule has 1 amide bonds. The Morgan fingerprint density at radius 2 is 1.93 bits per heavy atom. The molecule has 4 heterocycles. The molecule has 0 saturated carbocycles. The van der Waals surface area contributed by atoms with Crippen molar-refractivity contribution in [2.45, 2.75) is 20.1 Å². The van der Waals surface area contributed by atoms with Crippen molar-refractivity contribution in [1.29, 1.82) is 0 Å². The van der Waals surface area contributed by atoms with Crippen molar-refractivity contribution in [1.82, 2.24) is 30.0 Å². The first kappa shape index (κ1) is 28.7. The van der Waals surface area contributed by atoms with Crippen molar-refractivity contribution in [2.24, 2.45) is 7.05 Å². The van der Waals surface area contributed by atoms with Crippen LogP contribution in [0.1, 0.15) is 16.8 Å². The molecule has 0 unspecified atom stereocenters. The van der Waals surface area contributed by atoms with Gasteiger partial charge in [0.05, 0.1) is 6.20 Å². The molecule has 0 bridgehead atoms. The van der Waals surface area contributed by atoms with E-state index in [4.69, 9.17) is 10.5 Å². The first-order valence-electron chi connectivity index (χ1n) is 13.7. The van der Waals surface area contributed by atoms with E-state index < -0.39 is 6.67 Å². The second kappa shape index (κ2) is 12.1. The number of rotatable bonds is 9. The molecule has 0 aliphatic rings. The Kier molecular flexibility index (Phi) is 7.86. The molecule has 6 aromatic rings. The summed E-state index contributed by atoms with van der Waals surface area (Å²) in [6.07, 6.45) is 8.30. The third-order valence-electron chi connectivity index (χ3n) is 7.09. The van der Waals surface area contributed by atoms with Crippen LogP contribution in [0.15, 0.2) is 86.0 Å². The Balaban J connectivity index is 1.51. The highest BCUT2D eigenvalue weighted by Gasteiger charge is 2.23. The van der Waals surface area contributed by atoms with Crippen LogP contribution in [-0.2, 0) is 25.1 Å². The van der Waals surface area contributed by atoms with Crippen LogP contribution >= 0.6 is 11.3 Å². The van der Waals surface area contributed by atoms with Gasteiger partial charge in [0.1, 0.15) is 18.2 Å². The number of pyridine rings is 1. The fraction of sp³-hybridized carbons (Fsp3) is 0.121. The number of fused-ring (bicyclic) bond motifs is 1. The minimum Gasteiger partial charge on any atom is -0.424 e. The van der Waals surface area contributed by atoms with Crippen LogP contribution in [0.25, 0.3) is 42.8 Å². The van der Waals surface area contributed by atoms with Gasteiger partial charge in [-0.05, 0) is 53.5 Å². The summed E-state index contributed by atoms with van der Waals surface area (Å²) in [5, 5.41) is 7.86. The number of benzene rings is 2. The Morgan fingerprint density at radius 3 is 2.64 bits per heavy atom. The molecule has 0 radical (unpaired) electrons. The van der Waals surface area contributed by atoms with E-state index in [1.165, 1.54) is 17.4 Å². The third-order valence-corrected chi connectivity index (χ3v) is 8.35. The van der Waals surface area contributed by atoms with Gasteiger partial charge in [0.25, 0.3) is 0 Å². The zero-order valence-corrected chi connectivity index (χ0v) is 24.9. The van der Waals surface area contributed by atoms with Crippen LogP contribution in [0.3, 0.4) is 0 Å². The molecular weight excluding hydrogens is 577 g/mol. The van der Waals surface area contributed by atoms with Crippen molar-refractivity contribution in [2.75, 3.05) is 5.73 Å². The molecule has 3 N–H and O–H groups in total. The molecule has 44 heavy (non-hydrogen) atoms. The number of anilines is 1. The quantitative estimate of drug-likeness (QED) is 0.174. The molecule has 6 rings (SSSR count). The summed E-state index contributed by atoms with van der Waals surface area (Å²) in [6.45, 7) is 4.91. The number of aromatic nitrogens is 5. The zero-order chi connectivity index (χ0) is 30.8. The van der Waals surface area contributed by atoms with Crippen LogP contribution in [0, 0.1) is 6.92 Å². The topological polar surface area (TPSA) is 121 Å². The number of amides is 1. The molecule has 0 aliphatic carbocycles.